The minimum absolute atomic E-state index is 0. The third kappa shape index (κ3) is 6.25. The lowest BCUT2D eigenvalue weighted by atomic mass is 10.1. The number of rotatable bonds is 4. The molecule has 0 N–H and O–H groups in total. The minimum atomic E-state index is -4.48. The Balaban J connectivity index is 0.00000338. The zero-order chi connectivity index (χ0) is 18.7. The molecule has 26 heavy (non-hydrogen) atoms. The monoisotopic (exact) mass is 398 g/mol. The van der Waals surface area contributed by atoms with Crippen molar-refractivity contribution in [3.8, 4) is 5.75 Å². The molecule has 142 valence electrons. The zero-order valence-corrected chi connectivity index (χ0v) is 13.8. The molecular formula is C17H13ClF6O2. The first kappa shape index (κ1) is 21.8. The van der Waals surface area contributed by atoms with E-state index in [2.05, 4.69) is 0 Å². The molecule has 2 nitrogen and oxygen atoms in total. The number of halogens is 7. The minimum Gasteiger partial charge on any atom is -0.427 e. The van der Waals surface area contributed by atoms with E-state index in [1.807, 2.05) is 0 Å². The fraction of sp³-hybridized carbons (Fsp3) is 0.235. The van der Waals surface area contributed by atoms with Crippen LogP contribution < -0.4 is 4.74 Å². The lowest BCUT2D eigenvalue weighted by molar-refractivity contribution is -0.138. The first-order valence-electron chi connectivity index (χ1n) is 7.10. The van der Waals surface area contributed by atoms with E-state index in [-0.39, 0.29) is 31.0 Å². The molecule has 0 bridgehead atoms. The highest BCUT2D eigenvalue weighted by Crippen LogP contribution is 2.31. The summed E-state index contributed by atoms with van der Waals surface area (Å²) in [5.74, 6) is -0.731. The lowest BCUT2D eigenvalue weighted by Crippen LogP contribution is -2.10. The Bertz CT molecular complexity index is 721. The van der Waals surface area contributed by atoms with E-state index in [0.29, 0.717) is 5.56 Å². The van der Waals surface area contributed by atoms with Gasteiger partial charge in [-0.25, -0.2) is 0 Å². The van der Waals surface area contributed by atoms with E-state index in [1.165, 1.54) is 12.1 Å². The first-order chi connectivity index (χ1) is 11.6. The van der Waals surface area contributed by atoms with Gasteiger partial charge in [-0.1, -0.05) is 12.1 Å². The Morgan fingerprint density at radius 3 is 1.62 bits per heavy atom. The van der Waals surface area contributed by atoms with Crippen molar-refractivity contribution in [2.75, 3.05) is 0 Å². The highest BCUT2D eigenvalue weighted by molar-refractivity contribution is 5.85. The average Bonchev–Trinajstić information content (AvgIpc) is 2.52. The molecule has 0 radical (unpaired) electrons. The molecule has 0 fully saturated rings. The number of carbonyl (C=O) groups is 1. The van der Waals surface area contributed by atoms with Gasteiger partial charge in [0.1, 0.15) is 5.75 Å². The average molecular weight is 399 g/mol. The lowest BCUT2D eigenvalue weighted by Gasteiger charge is -2.09. The maximum atomic E-state index is 12.4. The van der Waals surface area contributed by atoms with Crippen LogP contribution in [0.5, 0.6) is 5.75 Å². The highest BCUT2D eigenvalue weighted by atomic mass is 35.5. The SMILES string of the molecule is Cl.O=C(CCc1ccc(C(F)(F)F)cc1)Oc1ccc(C(F)(F)F)cc1. The Morgan fingerprint density at radius 1 is 0.769 bits per heavy atom. The maximum absolute atomic E-state index is 12.4. The molecule has 0 atom stereocenters. The van der Waals surface area contributed by atoms with Gasteiger partial charge < -0.3 is 4.74 Å². The summed E-state index contributed by atoms with van der Waals surface area (Å²) >= 11 is 0. The summed E-state index contributed by atoms with van der Waals surface area (Å²) < 4.78 is 79.4. The quantitative estimate of drug-likeness (QED) is 0.376. The number of aryl methyl sites for hydroxylation is 1. The predicted octanol–water partition coefficient (Wildman–Crippen LogP) is 5.68. The number of benzene rings is 2. The van der Waals surface area contributed by atoms with E-state index in [0.717, 1.165) is 36.4 Å². The van der Waals surface area contributed by atoms with Crippen molar-refractivity contribution >= 4 is 18.4 Å². The standard InChI is InChI=1S/C17H12F6O2.ClH/c18-16(19,20)12-4-1-11(2-5-12)3-10-15(24)25-14-8-6-13(7-9-14)17(21,22)23;/h1-2,4-9H,3,10H2;1H. The van der Waals surface area contributed by atoms with Crippen LogP contribution in [-0.2, 0) is 23.6 Å². The smallest absolute Gasteiger partial charge is 0.416 e. The third-order valence-corrected chi connectivity index (χ3v) is 3.31. The van der Waals surface area contributed by atoms with Crippen molar-refractivity contribution in [3.05, 3.63) is 65.2 Å². The second-order valence-corrected chi connectivity index (χ2v) is 5.19. The van der Waals surface area contributed by atoms with Gasteiger partial charge in [-0.2, -0.15) is 26.3 Å². The Hall–Kier alpha value is -2.22. The molecule has 0 heterocycles. The number of carbonyl (C=O) groups excluding carboxylic acids is 1. The number of alkyl halides is 6. The van der Waals surface area contributed by atoms with Gasteiger partial charge in [0.25, 0.3) is 0 Å². The molecule has 0 saturated heterocycles. The van der Waals surface area contributed by atoms with Crippen LogP contribution in [0.15, 0.2) is 48.5 Å². The molecule has 0 amide bonds. The molecule has 2 aromatic carbocycles. The van der Waals surface area contributed by atoms with Crippen LogP contribution >= 0.6 is 12.4 Å². The van der Waals surface area contributed by atoms with Crippen LogP contribution in [0, 0.1) is 0 Å². The van der Waals surface area contributed by atoms with Gasteiger partial charge in [0.15, 0.2) is 0 Å². The highest BCUT2D eigenvalue weighted by Gasteiger charge is 2.30. The second-order valence-electron chi connectivity index (χ2n) is 5.19. The largest absolute Gasteiger partial charge is 0.427 e. The summed E-state index contributed by atoms with van der Waals surface area (Å²) in [4.78, 5) is 11.7. The zero-order valence-electron chi connectivity index (χ0n) is 13.0. The number of hydrogen-bond acceptors (Lipinski definition) is 2. The van der Waals surface area contributed by atoms with E-state index in [1.54, 1.807) is 0 Å². The van der Waals surface area contributed by atoms with Crippen LogP contribution in [0.4, 0.5) is 26.3 Å². The number of hydrogen-bond donors (Lipinski definition) is 0. The van der Waals surface area contributed by atoms with E-state index in [9.17, 15) is 31.1 Å². The van der Waals surface area contributed by atoms with Crippen molar-refractivity contribution < 1.29 is 35.9 Å². The van der Waals surface area contributed by atoms with E-state index < -0.39 is 29.4 Å². The van der Waals surface area contributed by atoms with Gasteiger partial charge in [0.05, 0.1) is 11.1 Å². The molecule has 0 spiro atoms. The first-order valence-corrected chi connectivity index (χ1v) is 7.10. The molecule has 2 rings (SSSR count). The van der Waals surface area contributed by atoms with Crippen LogP contribution in [-0.4, -0.2) is 5.97 Å². The summed E-state index contributed by atoms with van der Waals surface area (Å²) in [5, 5.41) is 0. The van der Waals surface area contributed by atoms with Gasteiger partial charge in [0.2, 0.25) is 0 Å². The number of esters is 1. The van der Waals surface area contributed by atoms with Gasteiger partial charge in [-0.3, -0.25) is 4.79 Å². The molecular weight excluding hydrogens is 386 g/mol. The molecule has 0 aliphatic heterocycles. The predicted molar refractivity (Wildman–Crippen MR) is 84.1 cm³/mol. The molecule has 0 aliphatic rings. The fourth-order valence-electron chi connectivity index (χ4n) is 2.00. The summed E-state index contributed by atoms with van der Waals surface area (Å²) in [6.45, 7) is 0. The van der Waals surface area contributed by atoms with Gasteiger partial charge in [-0.15, -0.1) is 12.4 Å². The van der Waals surface area contributed by atoms with Crippen molar-refractivity contribution in [3.63, 3.8) is 0 Å². The molecule has 2 aromatic rings. The Morgan fingerprint density at radius 2 is 1.19 bits per heavy atom. The van der Waals surface area contributed by atoms with Gasteiger partial charge >= 0.3 is 18.3 Å². The van der Waals surface area contributed by atoms with Crippen molar-refractivity contribution in [1.82, 2.24) is 0 Å². The van der Waals surface area contributed by atoms with Crippen LogP contribution in [0.3, 0.4) is 0 Å². The Labute approximate surface area is 151 Å². The van der Waals surface area contributed by atoms with Crippen molar-refractivity contribution in [2.24, 2.45) is 0 Å². The molecule has 0 unspecified atom stereocenters. The van der Waals surface area contributed by atoms with Gasteiger partial charge in [0, 0.05) is 6.42 Å². The maximum Gasteiger partial charge on any atom is 0.416 e. The number of ether oxygens (including phenoxy) is 1. The summed E-state index contributed by atoms with van der Waals surface area (Å²) in [6.07, 6.45) is -8.88. The van der Waals surface area contributed by atoms with Crippen LogP contribution in [0.2, 0.25) is 0 Å². The summed E-state index contributed by atoms with van der Waals surface area (Å²) in [6, 6.07) is 7.98. The van der Waals surface area contributed by atoms with Crippen molar-refractivity contribution in [2.45, 2.75) is 25.2 Å². The fourth-order valence-corrected chi connectivity index (χ4v) is 2.00. The topological polar surface area (TPSA) is 26.3 Å². The van der Waals surface area contributed by atoms with Crippen LogP contribution in [0.1, 0.15) is 23.1 Å². The Kier molecular flexibility index (Phi) is 7.08. The summed E-state index contributed by atoms with van der Waals surface area (Å²) in [5.41, 5.74) is -1.14. The molecule has 0 aliphatic carbocycles. The van der Waals surface area contributed by atoms with Crippen LogP contribution in [0.25, 0.3) is 0 Å². The normalized spacial score (nSPS) is 11.6. The van der Waals surface area contributed by atoms with E-state index >= 15 is 0 Å². The molecule has 0 aromatic heterocycles. The molecule has 0 saturated carbocycles. The third-order valence-electron chi connectivity index (χ3n) is 3.31. The van der Waals surface area contributed by atoms with Gasteiger partial charge in [-0.05, 0) is 48.4 Å². The van der Waals surface area contributed by atoms with Crippen molar-refractivity contribution in [1.29, 1.82) is 0 Å². The van der Waals surface area contributed by atoms with E-state index in [4.69, 9.17) is 4.74 Å². The molecule has 9 heteroatoms. The summed E-state index contributed by atoms with van der Waals surface area (Å²) in [7, 11) is 0. The second kappa shape index (κ2) is 8.44.